The van der Waals surface area contributed by atoms with Crippen LogP contribution < -0.4 is 0 Å². The first-order valence-electron chi connectivity index (χ1n) is 4.87. The zero-order valence-corrected chi connectivity index (χ0v) is 9.17. The van der Waals surface area contributed by atoms with Crippen LogP contribution in [0, 0.1) is 5.92 Å². The van der Waals surface area contributed by atoms with E-state index in [1.807, 2.05) is 32.7 Å². The van der Waals surface area contributed by atoms with Gasteiger partial charge in [0.1, 0.15) is 5.78 Å². The van der Waals surface area contributed by atoms with Gasteiger partial charge >= 0.3 is 0 Å². The van der Waals surface area contributed by atoms with E-state index >= 15 is 0 Å². The SMILES string of the molecule is CCOCCN(C)CC(=O)C(C)C. The van der Waals surface area contributed by atoms with Crippen molar-refractivity contribution in [3.63, 3.8) is 0 Å². The van der Waals surface area contributed by atoms with Gasteiger partial charge in [-0.2, -0.15) is 0 Å². The predicted octanol–water partition coefficient (Wildman–Crippen LogP) is 1.18. The number of hydrogen-bond donors (Lipinski definition) is 0. The minimum atomic E-state index is 0.134. The van der Waals surface area contributed by atoms with Crippen LogP contribution in [0.15, 0.2) is 0 Å². The normalized spacial score (nSPS) is 11.2. The fourth-order valence-corrected chi connectivity index (χ4v) is 0.892. The van der Waals surface area contributed by atoms with Gasteiger partial charge in [0.25, 0.3) is 0 Å². The van der Waals surface area contributed by atoms with E-state index in [4.69, 9.17) is 4.74 Å². The van der Waals surface area contributed by atoms with E-state index < -0.39 is 0 Å². The summed E-state index contributed by atoms with van der Waals surface area (Å²) in [5, 5.41) is 0. The van der Waals surface area contributed by atoms with Gasteiger partial charge in [-0.05, 0) is 14.0 Å². The number of ether oxygens (including phenoxy) is 1. The average molecular weight is 187 g/mol. The number of ketones is 1. The first-order chi connectivity index (χ1) is 6.07. The highest BCUT2D eigenvalue weighted by Crippen LogP contribution is 1.95. The van der Waals surface area contributed by atoms with Crippen molar-refractivity contribution >= 4 is 5.78 Å². The van der Waals surface area contributed by atoms with E-state index in [0.717, 1.165) is 13.2 Å². The number of hydrogen-bond acceptors (Lipinski definition) is 3. The highest BCUT2D eigenvalue weighted by molar-refractivity contribution is 5.82. The standard InChI is InChI=1S/C10H21NO2/c1-5-13-7-6-11(4)8-10(12)9(2)3/h9H,5-8H2,1-4H3. The van der Waals surface area contributed by atoms with Crippen LogP contribution >= 0.6 is 0 Å². The Balaban J connectivity index is 3.50. The number of carbonyl (C=O) groups is 1. The lowest BCUT2D eigenvalue weighted by Crippen LogP contribution is -2.31. The van der Waals surface area contributed by atoms with Gasteiger partial charge in [-0.15, -0.1) is 0 Å². The van der Waals surface area contributed by atoms with E-state index in [-0.39, 0.29) is 5.92 Å². The van der Waals surface area contributed by atoms with Crippen molar-refractivity contribution in [3.05, 3.63) is 0 Å². The van der Waals surface area contributed by atoms with Crippen molar-refractivity contribution in [3.8, 4) is 0 Å². The average Bonchev–Trinajstić information content (AvgIpc) is 2.04. The third-order valence-electron chi connectivity index (χ3n) is 1.89. The Morgan fingerprint density at radius 3 is 2.54 bits per heavy atom. The van der Waals surface area contributed by atoms with Crippen molar-refractivity contribution in [1.82, 2.24) is 4.90 Å². The largest absolute Gasteiger partial charge is 0.380 e. The molecule has 0 unspecified atom stereocenters. The zero-order chi connectivity index (χ0) is 10.3. The smallest absolute Gasteiger partial charge is 0.149 e. The second-order valence-corrected chi connectivity index (χ2v) is 3.56. The van der Waals surface area contributed by atoms with Crippen molar-refractivity contribution in [1.29, 1.82) is 0 Å². The maximum Gasteiger partial charge on any atom is 0.149 e. The number of carbonyl (C=O) groups excluding carboxylic acids is 1. The first kappa shape index (κ1) is 12.6. The number of rotatable bonds is 7. The molecule has 0 aromatic heterocycles. The van der Waals surface area contributed by atoms with Crippen LogP contribution in [0.3, 0.4) is 0 Å². The molecule has 0 aliphatic rings. The second-order valence-electron chi connectivity index (χ2n) is 3.56. The summed E-state index contributed by atoms with van der Waals surface area (Å²) >= 11 is 0. The predicted molar refractivity (Wildman–Crippen MR) is 53.8 cm³/mol. The molecule has 0 aromatic rings. The molecule has 0 aliphatic heterocycles. The molecular weight excluding hydrogens is 166 g/mol. The lowest BCUT2D eigenvalue weighted by atomic mass is 10.1. The highest BCUT2D eigenvalue weighted by atomic mass is 16.5. The quantitative estimate of drug-likeness (QED) is 0.560. The number of Topliss-reactive ketones (excluding diaryl/α,β-unsaturated/α-hetero) is 1. The van der Waals surface area contributed by atoms with Crippen LogP contribution in [0.1, 0.15) is 20.8 Å². The van der Waals surface area contributed by atoms with Crippen LogP contribution in [0.2, 0.25) is 0 Å². The molecule has 0 saturated heterocycles. The van der Waals surface area contributed by atoms with Crippen LogP contribution in [-0.4, -0.2) is 44.0 Å². The fraction of sp³-hybridized carbons (Fsp3) is 0.900. The number of likely N-dealkylation sites (N-methyl/N-ethyl adjacent to an activating group) is 1. The molecular formula is C10H21NO2. The molecule has 0 fully saturated rings. The summed E-state index contributed by atoms with van der Waals surface area (Å²) in [7, 11) is 1.94. The Morgan fingerprint density at radius 1 is 1.46 bits per heavy atom. The zero-order valence-electron chi connectivity index (χ0n) is 9.17. The first-order valence-corrected chi connectivity index (χ1v) is 4.87. The molecule has 0 bridgehead atoms. The molecule has 78 valence electrons. The summed E-state index contributed by atoms with van der Waals surface area (Å²) in [4.78, 5) is 13.3. The summed E-state index contributed by atoms with van der Waals surface area (Å²) in [5.41, 5.74) is 0. The van der Waals surface area contributed by atoms with E-state index in [1.54, 1.807) is 0 Å². The van der Waals surface area contributed by atoms with Gasteiger partial charge < -0.3 is 4.74 Å². The molecule has 0 amide bonds. The van der Waals surface area contributed by atoms with E-state index in [1.165, 1.54) is 0 Å². The summed E-state index contributed by atoms with van der Waals surface area (Å²) in [6, 6.07) is 0. The van der Waals surface area contributed by atoms with Gasteiger partial charge in [-0.25, -0.2) is 0 Å². The Kier molecular flexibility index (Phi) is 6.82. The van der Waals surface area contributed by atoms with Crippen molar-refractivity contribution in [2.75, 3.05) is 33.4 Å². The van der Waals surface area contributed by atoms with Crippen molar-refractivity contribution in [2.45, 2.75) is 20.8 Å². The van der Waals surface area contributed by atoms with Gasteiger partial charge in [0.2, 0.25) is 0 Å². The van der Waals surface area contributed by atoms with Gasteiger partial charge in [0.05, 0.1) is 13.2 Å². The molecule has 13 heavy (non-hydrogen) atoms. The molecule has 0 aromatic carbocycles. The van der Waals surface area contributed by atoms with E-state index in [2.05, 4.69) is 0 Å². The van der Waals surface area contributed by atoms with Crippen molar-refractivity contribution in [2.24, 2.45) is 5.92 Å². The molecule has 0 spiro atoms. The third-order valence-corrected chi connectivity index (χ3v) is 1.89. The molecule has 0 aliphatic carbocycles. The van der Waals surface area contributed by atoms with Gasteiger partial charge in [-0.1, -0.05) is 13.8 Å². The van der Waals surface area contributed by atoms with Crippen LogP contribution in [0.5, 0.6) is 0 Å². The topological polar surface area (TPSA) is 29.5 Å². The highest BCUT2D eigenvalue weighted by Gasteiger charge is 2.09. The molecule has 3 nitrogen and oxygen atoms in total. The van der Waals surface area contributed by atoms with Gasteiger partial charge in [-0.3, -0.25) is 9.69 Å². The van der Waals surface area contributed by atoms with Crippen LogP contribution in [0.25, 0.3) is 0 Å². The maximum atomic E-state index is 11.3. The Morgan fingerprint density at radius 2 is 2.08 bits per heavy atom. The monoisotopic (exact) mass is 187 g/mol. The van der Waals surface area contributed by atoms with Crippen LogP contribution in [-0.2, 0) is 9.53 Å². The van der Waals surface area contributed by atoms with Gasteiger partial charge in [0, 0.05) is 19.1 Å². The van der Waals surface area contributed by atoms with Gasteiger partial charge in [0.15, 0.2) is 0 Å². The van der Waals surface area contributed by atoms with E-state index in [0.29, 0.717) is 18.9 Å². The Bertz CT molecular complexity index is 146. The maximum absolute atomic E-state index is 11.3. The fourth-order valence-electron chi connectivity index (χ4n) is 0.892. The second kappa shape index (κ2) is 7.04. The molecule has 0 rings (SSSR count). The van der Waals surface area contributed by atoms with Crippen LogP contribution in [0.4, 0.5) is 0 Å². The molecule has 3 heteroatoms. The summed E-state index contributed by atoms with van der Waals surface area (Å²) in [6.07, 6.45) is 0. The third kappa shape index (κ3) is 6.72. The molecule has 0 N–H and O–H groups in total. The summed E-state index contributed by atoms with van der Waals surface area (Å²) in [5.74, 6) is 0.425. The summed E-state index contributed by atoms with van der Waals surface area (Å²) < 4.78 is 5.19. The lowest BCUT2D eigenvalue weighted by Gasteiger charge is -2.16. The molecule has 0 radical (unpaired) electrons. The van der Waals surface area contributed by atoms with Crippen molar-refractivity contribution < 1.29 is 9.53 Å². The lowest BCUT2D eigenvalue weighted by molar-refractivity contribution is -0.122. The Hall–Kier alpha value is -0.410. The summed E-state index contributed by atoms with van der Waals surface area (Å²) in [6.45, 7) is 8.64. The molecule has 0 heterocycles. The Labute approximate surface area is 81.1 Å². The number of nitrogens with zero attached hydrogens (tertiary/aromatic N) is 1. The molecule has 0 saturated carbocycles. The molecule has 0 atom stereocenters. The van der Waals surface area contributed by atoms with E-state index in [9.17, 15) is 4.79 Å². The minimum absolute atomic E-state index is 0.134. The minimum Gasteiger partial charge on any atom is -0.380 e.